The van der Waals surface area contributed by atoms with E-state index in [0.717, 1.165) is 16.8 Å². The Morgan fingerprint density at radius 2 is 1.85 bits per heavy atom. The summed E-state index contributed by atoms with van der Waals surface area (Å²) in [5.74, 6) is -1.85. The topological polar surface area (TPSA) is 148 Å². The number of ether oxygens (including phenoxy) is 1. The SMILES string of the molecule is CCOC(=O)c1nn(-c2ccccc2Cl)c(=O)cc1OS(=O)(=O)c1cc([N+](=O)[O-])ccc1Cl. The molecule has 0 aliphatic heterocycles. The number of nitro benzene ring substituents is 1. The molecular formula is C19H13Cl2N3O8S. The zero-order valence-electron chi connectivity index (χ0n) is 16.6. The molecule has 1 heterocycles. The second kappa shape index (κ2) is 9.57. The Bertz CT molecular complexity index is 1420. The Kier molecular flexibility index (Phi) is 7.01. The third-order valence-electron chi connectivity index (χ3n) is 4.04. The number of halogens is 2. The van der Waals surface area contributed by atoms with Gasteiger partial charge >= 0.3 is 16.1 Å². The first-order valence-corrected chi connectivity index (χ1v) is 11.2. The molecule has 1 aromatic heterocycles. The molecule has 0 bridgehead atoms. The van der Waals surface area contributed by atoms with Gasteiger partial charge in [-0.25, -0.2) is 4.79 Å². The van der Waals surface area contributed by atoms with Gasteiger partial charge in [0.1, 0.15) is 4.90 Å². The number of para-hydroxylation sites is 1. The highest BCUT2D eigenvalue weighted by Crippen LogP contribution is 2.30. The van der Waals surface area contributed by atoms with Crippen molar-refractivity contribution < 1.29 is 27.1 Å². The molecule has 2 aromatic carbocycles. The lowest BCUT2D eigenvalue weighted by molar-refractivity contribution is -0.385. The van der Waals surface area contributed by atoms with Gasteiger partial charge in [-0.05, 0) is 25.1 Å². The summed E-state index contributed by atoms with van der Waals surface area (Å²) in [6.45, 7) is 1.41. The summed E-state index contributed by atoms with van der Waals surface area (Å²) >= 11 is 12.0. The summed E-state index contributed by atoms with van der Waals surface area (Å²) < 4.78 is 36.2. The molecule has 172 valence electrons. The zero-order valence-corrected chi connectivity index (χ0v) is 18.9. The van der Waals surface area contributed by atoms with Crippen LogP contribution in [0.4, 0.5) is 5.69 Å². The number of benzene rings is 2. The number of rotatable bonds is 7. The third-order valence-corrected chi connectivity index (χ3v) is 6.08. The predicted molar refractivity (Wildman–Crippen MR) is 117 cm³/mol. The molecule has 0 saturated carbocycles. The number of nitrogens with zero attached hydrogens (tertiary/aromatic N) is 3. The fraction of sp³-hybridized carbons (Fsp3) is 0.105. The first-order valence-electron chi connectivity index (χ1n) is 9.00. The Morgan fingerprint density at radius 1 is 1.15 bits per heavy atom. The first kappa shape index (κ1) is 24.2. The molecular weight excluding hydrogens is 501 g/mol. The fourth-order valence-electron chi connectivity index (χ4n) is 2.60. The maximum atomic E-state index is 12.8. The molecule has 0 N–H and O–H groups in total. The summed E-state index contributed by atoms with van der Waals surface area (Å²) in [7, 11) is -4.83. The summed E-state index contributed by atoms with van der Waals surface area (Å²) in [6.07, 6.45) is 0. The van der Waals surface area contributed by atoms with E-state index in [-0.39, 0.29) is 22.3 Å². The van der Waals surface area contributed by atoms with Gasteiger partial charge in [0.05, 0.1) is 33.3 Å². The highest BCUT2D eigenvalue weighted by Gasteiger charge is 2.28. The molecule has 0 aliphatic rings. The largest absolute Gasteiger partial charge is 0.461 e. The minimum atomic E-state index is -4.83. The van der Waals surface area contributed by atoms with Crippen molar-refractivity contribution in [1.29, 1.82) is 0 Å². The lowest BCUT2D eigenvalue weighted by atomic mass is 10.3. The fourth-order valence-corrected chi connectivity index (χ4v) is 4.24. The minimum Gasteiger partial charge on any atom is -0.461 e. The normalized spacial score (nSPS) is 11.1. The number of hydrogen-bond acceptors (Lipinski definition) is 9. The van der Waals surface area contributed by atoms with Crippen molar-refractivity contribution in [3.63, 3.8) is 0 Å². The highest BCUT2D eigenvalue weighted by molar-refractivity contribution is 7.87. The van der Waals surface area contributed by atoms with Crippen molar-refractivity contribution in [3.8, 4) is 11.4 Å². The summed E-state index contributed by atoms with van der Waals surface area (Å²) in [5, 5.41) is 14.6. The quantitative estimate of drug-likeness (QED) is 0.200. The van der Waals surface area contributed by atoms with E-state index in [2.05, 4.69) is 5.10 Å². The van der Waals surface area contributed by atoms with Crippen molar-refractivity contribution >= 4 is 45.0 Å². The Morgan fingerprint density at radius 3 is 2.48 bits per heavy atom. The van der Waals surface area contributed by atoms with Gasteiger partial charge < -0.3 is 8.92 Å². The lowest BCUT2D eigenvalue weighted by Gasteiger charge is -2.13. The molecule has 0 saturated heterocycles. The average molecular weight is 514 g/mol. The molecule has 3 rings (SSSR count). The Balaban J connectivity index is 2.17. The predicted octanol–water partition coefficient (Wildman–Crippen LogP) is 3.39. The maximum absolute atomic E-state index is 12.8. The van der Waals surface area contributed by atoms with Gasteiger partial charge in [-0.15, -0.1) is 0 Å². The first-order chi connectivity index (χ1) is 15.5. The van der Waals surface area contributed by atoms with Gasteiger partial charge in [0.15, 0.2) is 5.75 Å². The van der Waals surface area contributed by atoms with E-state index in [4.69, 9.17) is 32.1 Å². The number of esters is 1. The minimum absolute atomic E-state index is 0.0887. The summed E-state index contributed by atoms with van der Waals surface area (Å²) in [4.78, 5) is 34.5. The van der Waals surface area contributed by atoms with Crippen molar-refractivity contribution in [3.05, 3.63) is 84.7 Å². The molecule has 11 nitrogen and oxygen atoms in total. The second-order valence-corrected chi connectivity index (χ2v) is 8.52. The monoisotopic (exact) mass is 513 g/mol. The van der Waals surface area contributed by atoms with Crippen LogP contribution in [0.25, 0.3) is 5.69 Å². The van der Waals surface area contributed by atoms with Gasteiger partial charge in [0.25, 0.3) is 11.2 Å². The number of non-ortho nitro benzene ring substituents is 1. The van der Waals surface area contributed by atoms with E-state index in [1.807, 2.05) is 0 Å². The van der Waals surface area contributed by atoms with Crippen molar-refractivity contribution in [2.75, 3.05) is 6.61 Å². The van der Waals surface area contributed by atoms with Crippen LogP contribution in [0.15, 0.2) is 58.2 Å². The molecule has 0 radical (unpaired) electrons. The molecule has 0 aliphatic carbocycles. The number of aromatic nitrogens is 2. The molecule has 0 spiro atoms. The van der Waals surface area contributed by atoms with Gasteiger partial charge in [0, 0.05) is 12.1 Å². The molecule has 0 fully saturated rings. The molecule has 3 aromatic rings. The van der Waals surface area contributed by atoms with Crippen LogP contribution in [0.1, 0.15) is 17.4 Å². The van der Waals surface area contributed by atoms with Crippen LogP contribution in [-0.4, -0.2) is 35.7 Å². The van der Waals surface area contributed by atoms with E-state index >= 15 is 0 Å². The van der Waals surface area contributed by atoms with Gasteiger partial charge in [-0.1, -0.05) is 35.3 Å². The van der Waals surface area contributed by atoms with Crippen molar-refractivity contribution in [1.82, 2.24) is 9.78 Å². The van der Waals surface area contributed by atoms with Gasteiger partial charge in [0.2, 0.25) is 5.69 Å². The average Bonchev–Trinajstić information content (AvgIpc) is 2.74. The molecule has 0 unspecified atom stereocenters. The smallest absolute Gasteiger partial charge is 0.362 e. The summed E-state index contributed by atoms with van der Waals surface area (Å²) in [5.41, 5.74) is -1.99. The standard InChI is InChI=1S/C19H13Cl2N3O8S/c1-2-31-19(26)18-15(10-17(25)23(22-18)14-6-4-3-5-12(14)20)32-33(29,30)16-9-11(24(27)28)7-8-13(16)21/h3-10H,2H2,1H3. The third kappa shape index (κ3) is 5.13. The Hall–Kier alpha value is -3.48. The number of hydrogen-bond donors (Lipinski definition) is 0. The molecule has 14 heteroatoms. The second-order valence-electron chi connectivity index (χ2n) is 6.19. The van der Waals surface area contributed by atoms with Crippen LogP contribution in [0, 0.1) is 10.1 Å². The van der Waals surface area contributed by atoms with E-state index in [9.17, 15) is 28.1 Å². The van der Waals surface area contributed by atoms with Crippen molar-refractivity contribution in [2.45, 2.75) is 11.8 Å². The van der Waals surface area contributed by atoms with Gasteiger partial charge in [-0.3, -0.25) is 14.9 Å². The van der Waals surface area contributed by atoms with E-state index in [1.54, 1.807) is 12.1 Å². The maximum Gasteiger partial charge on any atom is 0.362 e. The molecule has 0 amide bonds. The van der Waals surface area contributed by atoms with Crippen molar-refractivity contribution in [2.24, 2.45) is 0 Å². The van der Waals surface area contributed by atoms with Crippen LogP contribution in [0.5, 0.6) is 5.75 Å². The number of nitro groups is 1. The van der Waals surface area contributed by atoms with Crippen LogP contribution in [0.2, 0.25) is 10.0 Å². The van der Waals surface area contributed by atoms with Crippen LogP contribution < -0.4 is 9.74 Å². The van der Waals surface area contributed by atoms with Gasteiger partial charge in [-0.2, -0.15) is 18.2 Å². The highest BCUT2D eigenvalue weighted by atomic mass is 35.5. The van der Waals surface area contributed by atoms with E-state index < -0.39 is 48.6 Å². The van der Waals surface area contributed by atoms with Crippen LogP contribution >= 0.6 is 23.2 Å². The molecule has 0 atom stereocenters. The summed E-state index contributed by atoms with van der Waals surface area (Å²) in [6, 6.07) is 9.48. The zero-order chi connectivity index (χ0) is 24.3. The van der Waals surface area contributed by atoms with Crippen LogP contribution in [-0.2, 0) is 14.9 Å². The number of carbonyl (C=O) groups is 1. The van der Waals surface area contributed by atoms with E-state index in [1.165, 1.54) is 19.1 Å². The number of carbonyl (C=O) groups excluding carboxylic acids is 1. The van der Waals surface area contributed by atoms with E-state index in [0.29, 0.717) is 12.1 Å². The van der Waals surface area contributed by atoms with Crippen LogP contribution in [0.3, 0.4) is 0 Å². The Labute approximate surface area is 196 Å². The molecule has 33 heavy (non-hydrogen) atoms. The lowest BCUT2D eigenvalue weighted by Crippen LogP contribution is -2.26.